The summed E-state index contributed by atoms with van der Waals surface area (Å²) in [6.45, 7) is 8.19. The molecule has 0 aliphatic carbocycles. The molecule has 5 rings (SSSR count). The summed E-state index contributed by atoms with van der Waals surface area (Å²) in [5.41, 5.74) is 6.49. The van der Waals surface area contributed by atoms with Crippen molar-refractivity contribution in [2.24, 2.45) is 0 Å². The van der Waals surface area contributed by atoms with E-state index in [1.807, 2.05) is 31.2 Å². The van der Waals surface area contributed by atoms with E-state index >= 15 is 0 Å². The van der Waals surface area contributed by atoms with Crippen molar-refractivity contribution in [3.05, 3.63) is 83.1 Å². The van der Waals surface area contributed by atoms with Crippen molar-refractivity contribution in [1.29, 1.82) is 0 Å². The van der Waals surface area contributed by atoms with E-state index in [0.29, 0.717) is 51.6 Å². The summed E-state index contributed by atoms with van der Waals surface area (Å²) in [5.74, 6) is 0.386. The van der Waals surface area contributed by atoms with Crippen molar-refractivity contribution in [3.63, 3.8) is 0 Å². The van der Waals surface area contributed by atoms with Crippen LogP contribution in [0.5, 0.6) is 0 Å². The van der Waals surface area contributed by atoms with Crippen LogP contribution in [0, 0.1) is 12.7 Å². The highest BCUT2D eigenvalue weighted by atomic mass is 32.2. The molecule has 0 spiro atoms. The zero-order valence-electron chi connectivity index (χ0n) is 21.3. The molecule has 0 saturated carbocycles. The Morgan fingerprint density at radius 2 is 1.86 bits per heavy atom. The Labute approximate surface area is 217 Å². The van der Waals surface area contributed by atoms with E-state index in [4.69, 9.17) is 0 Å². The second kappa shape index (κ2) is 9.67. The van der Waals surface area contributed by atoms with Gasteiger partial charge < -0.3 is 10.3 Å². The van der Waals surface area contributed by atoms with E-state index in [-0.39, 0.29) is 11.3 Å². The summed E-state index contributed by atoms with van der Waals surface area (Å²) >= 11 is 0. The predicted octanol–water partition coefficient (Wildman–Crippen LogP) is 6.16. The second-order valence-corrected chi connectivity index (χ2v) is 12.0. The van der Waals surface area contributed by atoms with Crippen LogP contribution in [0.25, 0.3) is 27.9 Å². The normalized spacial score (nSPS) is 16.0. The van der Waals surface area contributed by atoms with E-state index in [1.165, 1.54) is 18.5 Å². The molecular weight excluding hydrogens is 487 g/mol. The van der Waals surface area contributed by atoms with Gasteiger partial charge in [0.05, 0.1) is 5.69 Å². The molecule has 1 amide bonds. The Balaban J connectivity index is 1.49. The minimum Gasteiger partial charge on any atom is -0.339 e. The average Bonchev–Trinajstić information content (AvgIpc) is 3.30. The fraction of sp³-hybridized carbons (Fsp3) is 0.276. The van der Waals surface area contributed by atoms with Crippen molar-refractivity contribution >= 4 is 39.0 Å². The lowest BCUT2D eigenvalue weighted by molar-refractivity contribution is 0.102. The Kier molecular flexibility index (Phi) is 6.54. The number of rotatable bonds is 4. The van der Waals surface area contributed by atoms with Crippen LogP contribution in [0.2, 0.25) is 0 Å². The van der Waals surface area contributed by atoms with Crippen molar-refractivity contribution in [2.75, 3.05) is 16.8 Å². The number of H-pyrrole nitrogens is 1. The third-order valence-corrected chi connectivity index (χ3v) is 7.97. The smallest absolute Gasteiger partial charge is 0.255 e. The standard InChI is InChI=1S/C29H29FN4O2S/c1-17-22(26-23-15-25(33-27(23)32-16-31-26)18-9-11-37(36)12-10-18)13-21(30)14-24(17)34-28(35)19-5-7-20(8-6-19)29(2,3)4/h5-9,13-16H,10-12H2,1-4H3,(H,34,35)(H,31,32,33). The first-order valence-corrected chi connectivity index (χ1v) is 13.7. The molecule has 1 atom stereocenters. The van der Waals surface area contributed by atoms with Crippen LogP contribution in [0.1, 0.15) is 54.4 Å². The Hall–Kier alpha value is -3.65. The van der Waals surface area contributed by atoms with Gasteiger partial charge in [0.2, 0.25) is 0 Å². The second-order valence-electron chi connectivity index (χ2n) is 10.4. The number of carbonyl (C=O) groups is 1. The number of hydrogen-bond acceptors (Lipinski definition) is 4. The molecule has 0 radical (unpaired) electrons. The zero-order chi connectivity index (χ0) is 26.3. The molecule has 1 aliphatic heterocycles. The number of benzene rings is 2. The van der Waals surface area contributed by atoms with E-state index in [2.05, 4.69) is 41.0 Å². The maximum absolute atomic E-state index is 14.8. The van der Waals surface area contributed by atoms with E-state index in [9.17, 15) is 13.4 Å². The topological polar surface area (TPSA) is 87.7 Å². The molecule has 1 aliphatic rings. The summed E-state index contributed by atoms with van der Waals surface area (Å²) in [7, 11) is -0.814. The number of amides is 1. The quantitative estimate of drug-likeness (QED) is 0.340. The molecule has 2 N–H and O–H groups in total. The molecule has 0 fully saturated rings. The van der Waals surface area contributed by atoms with Crippen LogP contribution in [-0.4, -0.2) is 36.6 Å². The van der Waals surface area contributed by atoms with Gasteiger partial charge in [0.15, 0.2) is 0 Å². The molecular formula is C29H29FN4O2S. The number of allylic oxidation sites excluding steroid dienone is 1. The van der Waals surface area contributed by atoms with Crippen molar-refractivity contribution in [3.8, 4) is 11.3 Å². The lowest BCUT2D eigenvalue weighted by Crippen LogP contribution is -2.15. The van der Waals surface area contributed by atoms with Gasteiger partial charge in [-0.3, -0.25) is 9.00 Å². The SMILES string of the molecule is Cc1c(NC(=O)c2ccc(C(C)(C)C)cc2)cc(F)cc1-c1ncnc2[nH]c(C3=CCS(=O)CC3)cc12. The number of hydrogen-bond donors (Lipinski definition) is 2. The Morgan fingerprint density at radius 3 is 2.54 bits per heavy atom. The summed E-state index contributed by atoms with van der Waals surface area (Å²) in [4.78, 5) is 25.2. The third-order valence-electron chi connectivity index (χ3n) is 6.78. The number of nitrogens with zero attached hydrogens (tertiary/aromatic N) is 2. The zero-order valence-corrected chi connectivity index (χ0v) is 22.1. The van der Waals surface area contributed by atoms with Gasteiger partial charge in [-0.15, -0.1) is 0 Å². The summed E-state index contributed by atoms with van der Waals surface area (Å²) in [6, 6.07) is 12.2. The fourth-order valence-corrected chi connectivity index (χ4v) is 5.55. The molecule has 8 heteroatoms. The van der Waals surface area contributed by atoms with E-state index in [1.54, 1.807) is 12.1 Å². The number of anilines is 1. The number of carbonyl (C=O) groups excluding carboxylic acids is 1. The van der Waals surface area contributed by atoms with Crippen LogP contribution in [0.3, 0.4) is 0 Å². The van der Waals surface area contributed by atoms with Gasteiger partial charge in [0.25, 0.3) is 5.91 Å². The minimum absolute atomic E-state index is 0.0175. The third kappa shape index (κ3) is 5.11. The summed E-state index contributed by atoms with van der Waals surface area (Å²) in [5, 5.41) is 3.63. The Bertz CT molecular complexity index is 1570. The molecule has 37 heavy (non-hydrogen) atoms. The van der Waals surface area contributed by atoms with Gasteiger partial charge in [-0.1, -0.05) is 39.0 Å². The van der Waals surface area contributed by atoms with Gasteiger partial charge in [-0.05, 0) is 65.8 Å². The maximum atomic E-state index is 14.8. The largest absolute Gasteiger partial charge is 0.339 e. The molecule has 0 saturated heterocycles. The molecule has 2 aromatic heterocycles. The molecule has 3 heterocycles. The summed E-state index contributed by atoms with van der Waals surface area (Å²) in [6.07, 6.45) is 4.16. The molecule has 1 unspecified atom stereocenters. The average molecular weight is 517 g/mol. The minimum atomic E-state index is -0.814. The van der Waals surface area contributed by atoms with Gasteiger partial charge in [0.1, 0.15) is 17.8 Å². The van der Waals surface area contributed by atoms with E-state index in [0.717, 1.165) is 22.2 Å². The van der Waals surface area contributed by atoms with Crippen LogP contribution >= 0.6 is 0 Å². The monoisotopic (exact) mass is 516 g/mol. The first-order chi connectivity index (χ1) is 17.6. The number of nitrogens with one attached hydrogen (secondary N) is 2. The van der Waals surface area contributed by atoms with Crippen LogP contribution in [0.4, 0.5) is 10.1 Å². The Morgan fingerprint density at radius 1 is 1.11 bits per heavy atom. The lowest BCUT2D eigenvalue weighted by Gasteiger charge is -2.19. The van der Waals surface area contributed by atoms with Gasteiger partial charge >= 0.3 is 0 Å². The maximum Gasteiger partial charge on any atom is 0.255 e. The highest BCUT2D eigenvalue weighted by molar-refractivity contribution is 7.85. The van der Waals surface area contributed by atoms with Gasteiger partial charge in [-0.2, -0.15) is 0 Å². The van der Waals surface area contributed by atoms with Gasteiger partial charge in [-0.25, -0.2) is 14.4 Å². The fourth-order valence-electron chi connectivity index (χ4n) is 4.55. The highest BCUT2D eigenvalue weighted by Gasteiger charge is 2.20. The van der Waals surface area contributed by atoms with Crippen LogP contribution in [0.15, 0.2) is 54.9 Å². The van der Waals surface area contributed by atoms with Crippen molar-refractivity contribution in [1.82, 2.24) is 15.0 Å². The molecule has 2 aromatic carbocycles. The highest BCUT2D eigenvalue weighted by Crippen LogP contribution is 2.35. The van der Waals surface area contributed by atoms with Crippen molar-refractivity contribution < 1.29 is 13.4 Å². The van der Waals surface area contributed by atoms with Crippen LogP contribution < -0.4 is 5.32 Å². The first kappa shape index (κ1) is 25.0. The summed E-state index contributed by atoms with van der Waals surface area (Å²) < 4.78 is 26.6. The van der Waals surface area contributed by atoms with Crippen LogP contribution in [-0.2, 0) is 16.2 Å². The lowest BCUT2D eigenvalue weighted by atomic mass is 9.86. The molecule has 4 aromatic rings. The van der Waals surface area contributed by atoms with E-state index < -0.39 is 16.6 Å². The number of halogens is 1. The number of fused-ring (bicyclic) bond motifs is 1. The molecule has 0 bridgehead atoms. The predicted molar refractivity (Wildman–Crippen MR) is 148 cm³/mol. The number of aromatic nitrogens is 3. The molecule has 190 valence electrons. The first-order valence-electron chi connectivity index (χ1n) is 12.2. The van der Waals surface area contributed by atoms with Crippen molar-refractivity contribution in [2.45, 2.75) is 39.5 Å². The van der Waals surface area contributed by atoms with Gasteiger partial charge in [0, 0.05) is 50.2 Å². The number of aromatic amines is 1. The molecule has 6 nitrogen and oxygen atoms in total.